The Bertz CT molecular complexity index is 527. The van der Waals surface area contributed by atoms with Gasteiger partial charge in [0.15, 0.2) is 0 Å². The summed E-state index contributed by atoms with van der Waals surface area (Å²) in [5.41, 5.74) is 0.755. The number of hydrogen-bond donors (Lipinski definition) is 0. The molecule has 0 aliphatic rings. The summed E-state index contributed by atoms with van der Waals surface area (Å²) in [6, 6.07) is 6.99. The lowest BCUT2D eigenvalue weighted by molar-refractivity contribution is 0.639. The topological polar surface area (TPSA) is 23.8 Å². The molecule has 2 rings (SSSR count). The predicted molar refractivity (Wildman–Crippen MR) is 58.8 cm³/mol. The molecule has 0 bridgehead atoms. The molecule has 1 aromatic carbocycles. The molecular weight excluding hydrogens is 265 g/mol. The van der Waals surface area contributed by atoms with Crippen molar-refractivity contribution in [2.75, 3.05) is 0 Å². The van der Waals surface area contributed by atoms with Crippen molar-refractivity contribution >= 4 is 37.4 Å². The van der Waals surface area contributed by atoms with Crippen molar-refractivity contribution < 1.29 is 4.39 Å². The number of hydrogen-bond acceptors (Lipinski definition) is 2. The molecule has 0 amide bonds. The van der Waals surface area contributed by atoms with Crippen LogP contribution in [0.25, 0.3) is 10.1 Å². The molecule has 0 radical (unpaired) electrons. The van der Waals surface area contributed by atoms with Gasteiger partial charge in [0.25, 0.3) is 0 Å². The number of benzene rings is 1. The van der Waals surface area contributed by atoms with Crippen LogP contribution in [0, 0.1) is 17.1 Å². The van der Waals surface area contributed by atoms with Crippen molar-refractivity contribution in [1.29, 1.82) is 5.26 Å². The zero-order valence-corrected chi connectivity index (χ0v) is 9.45. The van der Waals surface area contributed by atoms with Gasteiger partial charge in [-0.25, -0.2) is 4.39 Å². The average molecular weight is 270 g/mol. The minimum Gasteiger partial charge on any atom is -0.206 e. The van der Waals surface area contributed by atoms with Crippen molar-refractivity contribution in [2.24, 2.45) is 0 Å². The lowest BCUT2D eigenvalue weighted by Gasteiger charge is -1.94. The molecule has 0 unspecified atom stereocenters. The highest BCUT2D eigenvalue weighted by atomic mass is 79.9. The molecule has 1 nitrogen and oxygen atoms in total. The first kappa shape index (κ1) is 9.63. The third-order valence-corrected chi connectivity index (χ3v) is 3.92. The van der Waals surface area contributed by atoms with Crippen LogP contribution >= 0.6 is 27.3 Å². The van der Waals surface area contributed by atoms with Crippen molar-refractivity contribution in [2.45, 2.75) is 6.42 Å². The van der Waals surface area contributed by atoms with Gasteiger partial charge in [0, 0.05) is 15.6 Å². The smallest absolute Gasteiger partial charge is 0.132 e. The molecule has 4 heteroatoms. The van der Waals surface area contributed by atoms with Crippen LogP contribution in [0.5, 0.6) is 0 Å². The third kappa shape index (κ3) is 1.43. The Hall–Kier alpha value is -0.920. The molecule has 2 aromatic rings. The molecule has 0 fully saturated rings. The Morgan fingerprint density at radius 2 is 2.29 bits per heavy atom. The van der Waals surface area contributed by atoms with E-state index < -0.39 is 0 Å². The highest BCUT2D eigenvalue weighted by molar-refractivity contribution is 9.11. The van der Waals surface area contributed by atoms with E-state index in [1.165, 1.54) is 17.4 Å². The van der Waals surface area contributed by atoms with Crippen LogP contribution in [-0.4, -0.2) is 0 Å². The number of nitrogens with zero attached hydrogens (tertiary/aromatic N) is 1. The Kier molecular flexibility index (Phi) is 2.53. The Labute approximate surface area is 92.9 Å². The molecule has 0 aliphatic heterocycles. The van der Waals surface area contributed by atoms with Crippen LogP contribution in [0.15, 0.2) is 22.0 Å². The van der Waals surface area contributed by atoms with E-state index in [2.05, 4.69) is 15.9 Å². The van der Waals surface area contributed by atoms with Gasteiger partial charge in [-0.1, -0.05) is 6.07 Å². The second-order valence-electron chi connectivity index (χ2n) is 2.80. The number of nitriles is 1. The fraction of sp³-hybridized carbons (Fsp3) is 0.100. The summed E-state index contributed by atoms with van der Waals surface area (Å²) in [6.07, 6.45) is 0.238. The minimum atomic E-state index is -0.255. The maximum atomic E-state index is 13.5. The summed E-state index contributed by atoms with van der Waals surface area (Å²) in [7, 11) is 0. The normalized spacial score (nSPS) is 10.4. The van der Waals surface area contributed by atoms with Crippen molar-refractivity contribution in [3.63, 3.8) is 0 Å². The van der Waals surface area contributed by atoms with Crippen molar-refractivity contribution in [3.05, 3.63) is 33.4 Å². The van der Waals surface area contributed by atoms with Gasteiger partial charge in [0.2, 0.25) is 0 Å². The second-order valence-corrected chi connectivity index (χ2v) is 5.17. The maximum Gasteiger partial charge on any atom is 0.132 e. The molecule has 0 saturated heterocycles. The van der Waals surface area contributed by atoms with Crippen LogP contribution in [0.1, 0.15) is 5.56 Å². The molecule has 0 saturated carbocycles. The number of halogens is 2. The average Bonchev–Trinajstić information content (AvgIpc) is 2.45. The standard InChI is InChI=1S/C10H5BrFNS/c11-10-6(4-5-13)9-7(12)2-1-3-8(9)14-10/h1-3H,4H2. The highest BCUT2D eigenvalue weighted by Crippen LogP contribution is 2.36. The van der Waals surface area contributed by atoms with Crippen LogP contribution in [0.4, 0.5) is 4.39 Å². The van der Waals surface area contributed by atoms with Crippen LogP contribution in [0.3, 0.4) is 0 Å². The summed E-state index contributed by atoms with van der Waals surface area (Å²) in [5, 5.41) is 9.20. The number of fused-ring (bicyclic) bond motifs is 1. The largest absolute Gasteiger partial charge is 0.206 e. The zero-order chi connectivity index (χ0) is 10.1. The van der Waals surface area contributed by atoms with Crippen molar-refractivity contribution in [3.8, 4) is 6.07 Å². The third-order valence-electron chi connectivity index (χ3n) is 1.97. The first-order chi connectivity index (χ1) is 6.74. The van der Waals surface area contributed by atoms with E-state index in [1.807, 2.05) is 12.1 Å². The van der Waals surface area contributed by atoms with Gasteiger partial charge < -0.3 is 0 Å². The molecule has 70 valence electrons. The second kappa shape index (κ2) is 3.68. The molecule has 0 spiro atoms. The van der Waals surface area contributed by atoms with E-state index in [0.29, 0.717) is 5.39 Å². The van der Waals surface area contributed by atoms with Crippen LogP contribution in [-0.2, 0) is 6.42 Å². The summed E-state index contributed by atoms with van der Waals surface area (Å²) < 4.78 is 15.2. The number of rotatable bonds is 1. The van der Waals surface area contributed by atoms with E-state index in [-0.39, 0.29) is 12.2 Å². The lowest BCUT2D eigenvalue weighted by atomic mass is 10.1. The molecule has 0 aliphatic carbocycles. The predicted octanol–water partition coefficient (Wildman–Crippen LogP) is 3.87. The summed E-state index contributed by atoms with van der Waals surface area (Å²) >= 11 is 4.80. The first-order valence-electron chi connectivity index (χ1n) is 3.96. The van der Waals surface area contributed by atoms with Gasteiger partial charge in [-0.3, -0.25) is 0 Å². The Morgan fingerprint density at radius 3 is 3.00 bits per heavy atom. The van der Waals surface area contributed by atoms with Crippen LogP contribution in [0.2, 0.25) is 0 Å². The fourth-order valence-corrected chi connectivity index (χ4v) is 3.20. The van der Waals surface area contributed by atoms with Gasteiger partial charge in [0.1, 0.15) is 5.82 Å². The summed E-state index contributed by atoms with van der Waals surface area (Å²) in [6.45, 7) is 0. The molecular formula is C10H5BrFNS. The highest BCUT2D eigenvalue weighted by Gasteiger charge is 2.12. The first-order valence-corrected chi connectivity index (χ1v) is 5.57. The summed E-state index contributed by atoms with van der Waals surface area (Å²) in [4.78, 5) is 0. The molecule has 14 heavy (non-hydrogen) atoms. The Morgan fingerprint density at radius 1 is 1.50 bits per heavy atom. The molecule has 1 heterocycles. The van der Waals surface area contributed by atoms with Gasteiger partial charge >= 0.3 is 0 Å². The SMILES string of the molecule is N#CCc1c(Br)sc2cccc(F)c12. The van der Waals surface area contributed by atoms with E-state index in [0.717, 1.165) is 14.0 Å². The minimum absolute atomic E-state index is 0.238. The van der Waals surface area contributed by atoms with Gasteiger partial charge in [-0.2, -0.15) is 5.26 Å². The van der Waals surface area contributed by atoms with E-state index in [9.17, 15) is 4.39 Å². The fourth-order valence-electron chi connectivity index (χ4n) is 1.38. The quantitative estimate of drug-likeness (QED) is 0.771. The maximum absolute atomic E-state index is 13.5. The number of thiophene rings is 1. The van der Waals surface area contributed by atoms with E-state index in [1.54, 1.807) is 6.07 Å². The molecule has 0 atom stereocenters. The zero-order valence-electron chi connectivity index (χ0n) is 7.05. The lowest BCUT2D eigenvalue weighted by Crippen LogP contribution is -1.82. The van der Waals surface area contributed by atoms with Gasteiger partial charge in [-0.15, -0.1) is 11.3 Å². The summed E-state index contributed by atoms with van der Waals surface area (Å²) in [5.74, 6) is -0.255. The molecule has 0 N–H and O–H groups in total. The van der Waals surface area contributed by atoms with Crippen molar-refractivity contribution in [1.82, 2.24) is 0 Å². The monoisotopic (exact) mass is 269 g/mol. The Balaban J connectivity index is 2.81. The van der Waals surface area contributed by atoms with Gasteiger partial charge in [0.05, 0.1) is 16.3 Å². The van der Waals surface area contributed by atoms with E-state index in [4.69, 9.17) is 5.26 Å². The molecule has 1 aromatic heterocycles. The van der Waals surface area contributed by atoms with E-state index >= 15 is 0 Å². The van der Waals surface area contributed by atoms with Crippen LogP contribution < -0.4 is 0 Å². The van der Waals surface area contributed by atoms with Gasteiger partial charge in [-0.05, 0) is 28.1 Å².